The molecule has 0 saturated heterocycles. The molecule has 4 heteroatoms. The van der Waals surface area contributed by atoms with Crippen LogP contribution >= 0.6 is 0 Å². The van der Waals surface area contributed by atoms with Crippen LogP contribution < -0.4 is 4.74 Å². The summed E-state index contributed by atoms with van der Waals surface area (Å²) in [6.45, 7) is 0. The molecule has 0 bridgehead atoms. The maximum Gasteiger partial charge on any atom is 0.320 e. The van der Waals surface area contributed by atoms with Crippen LogP contribution in [0.1, 0.15) is 0 Å². The highest BCUT2D eigenvalue weighted by atomic mass is 16.5. The first kappa shape index (κ1) is 10.7. The smallest absolute Gasteiger partial charge is 0.320 e. The number of hydrogen-bond acceptors (Lipinski definition) is 4. The lowest BCUT2D eigenvalue weighted by Crippen LogP contribution is -1.96. The molecule has 1 heterocycles. The quantitative estimate of drug-likeness (QED) is 0.686. The third-order valence-electron chi connectivity index (χ3n) is 2.72. The number of nitrogens with zero attached hydrogens (tertiary/aromatic N) is 3. The van der Waals surface area contributed by atoms with Crippen LogP contribution in [0.15, 0.2) is 42.5 Å². The van der Waals surface area contributed by atoms with Crippen molar-refractivity contribution < 1.29 is 4.74 Å². The van der Waals surface area contributed by atoms with Gasteiger partial charge in [0, 0.05) is 5.56 Å². The van der Waals surface area contributed by atoms with E-state index in [0.29, 0.717) is 5.82 Å². The van der Waals surface area contributed by atoms with Crippen molar-refractivity contribution in [2.45, 2.75) is 0 Å². The molecule has 87 valence electrons. The van der Waals surface area contributed by atoms with E-state index in [9.17, 15) is 0 Å². The molecule has 0 N–H and O–H groups in total. The van der Waals surface area contributed by atoms with E-state index in [0.717, 1.165) is 16.3 Å². The lowest BCUT2D eigenvalue weighted by Gasteiger charge is -2.05. The molecule has 3 aromatic rings. The summed E-state index contributed by atoms with van der Waals surface area (Å²) >= 11 is 0. The minimum Gasteiger partial charge on any atom is -0.467 e. The summed E-state index contributed by atoms with van der Waals surface area (Å²) in [7, 11) is 1.52. The minimum atomic E-state index is 0.271. The molecule has 1 aromatic heterocycles. The van der Waals surface area contributed by atoms with Crippen LogP contribution in [0.25, 0.3) is 22.2 Å². The summed E-state index contributed by atoms with van der Waals surface area (Å²) in [5.41, 5.74) is 0.949. The van der Waals surface area contributed by atoms with Gasteiger partial charge in [-0.3, -0.25) is 0 Å². The van der Waals surface area contributed by atoms with Crippen LogP contribution in [0.3, 0.4) is 0 Å². The Hall–Kier alpha value is -2.49. The van der Waals surface area contributed by atoms with Crippen LogP contribution in [0.4, 0.5) is 0 Å². The lowest BCUT2D eigenvalue weighted by molar-refractivity contribution is 0.378. The van der Waals surface area contributed by atoms with E-state index in [4.69, 9.17) is 4.74 Å². The van der Waals surface area contributed by atoms with Gasteiger partial charge >= 0.3 is 6.01 Å². The summed E-state index contributed by atoms with van der Waals surface area (Å²) < 4.78 is 4.99. The average molecular weight is 236 g/mol. The van der Waals surface area contributed by atoms with Crippen LogP contribution in [-0.4, -0.2) is 22.1 Å². The number of benzene rings is 2. The second-order valence-corrected chi connectivity index (χ2v) is 3.77. The highest BCUT2D eigenvalue weighted by Crippen LogP contribution is 2.26. The standard InChI is InChI=1S/C14H10N3O/c1-18-14-16-9-15-13(17-14)12-8-4-6-10-5-2-3-7-11(10)12/h2-8H,1H3. The molecule has 4 nitrogen and oxygen atoms in total. The SMILES string of the molecule is COc1n[c]nc(-c2cccc3ccccc23)n1. The molecule has 0 aliphatic rings. The van der Waals surface area contributed by atoms with Crippen molar-refractivity contribution in [1.29, 1.82) is 0 Å². The molecule has 0 aliphatic carbocycles. The number of ether oxygens (including phenoxy) is 1. The normalized spacial score (nSPS) is 10.5. The summed E-state index contributed by atoms with van der Waals surface area (Å²) in [5, 5.41) is 2.25. The highest BCUT2D eigenvalue weighted by Gasteiger charge is 2.07. The Bertz CT molecular complexity index is 692. The van der Waals surface area contributed by atoms with Crippen molar-refractivity contribution in [3.8, 4) is 17.4 Å². The molecule has 2 aromatic carbocycles. The Morgan fingerprint density at radius 3 is 2.72 bits per heavy atom. The molecule has 3 rings (SSSR count). The van der Waals surface area contributed by atoms with Gasteiger partial charge in [0.15, 0.2) is 5.82 Å². The van der Waals surface area contributed by atoms with E-state index in [1.807, 2.05) is 30.3 Å². The van der Waals surface area contributed by atoms with Gasteiger partial charge < -0.3 is 4.74 Å². The Labute approximate surface area is 104 Å². The van der Waals surface area contributed by atoms with E-state index in [1.54, 1.807) is 0 Å². The molecule has 0 fully saturated rings. The van der Waals surface area contributed by atoms with Crippen molar-refractivity contribution >= 4 is 10.8 Å². The van der Waals surface area contributed by atoms with Crippen molar-refractivity contribution in [2.24, 2.45) is 0 Å². The number of aromatic nitrogens is 3. The van der Waals surface area contributed by atoms with Gasteiger partial charge in [-0.15, -0.1) is 0 Å². The topological polar surface area (TPSA) is 47.9 Å². The van der Waals surface area contributed by atoms with Gasteiger partial charge in [0.1, 0.15) is 0 Å². The predicted molar refractivity (Wildman–Crippen MR) is 68.2 cm³/mol. The van der Waals surface area contributed by atoms with Crippen LogP contribution in [0.5, 0.6) is 6.01 Å². The maximum atomic E-state index is 4.99. The van der Waals surface area contributed by atoms with E-state index < -0.39 is 0 Å². The van der Waals surface area contributed by atoms with E-state index in [2.05, 4.69) is 33.4 Å². The van der Waals surface area contributed by atoms with Crippen molar-refractivity contribution in [2.75, 3.05) is 7.11 Å². The molecule has 0 aliphatic heterocycles. The first-order chi connectivity index (χ1) is 8.88. The molecule has 18 heavy (non-hydrogen) atoms. The van der Waals surface area contributed by atoms with Gasteiger partial charge in [-0.25, -0.2) is 4.98 Å². The summed E-state index contributed by atoms with van der Waals surface area (Å²) in [6.07, 6.45) is 2.56. The zero-order valence-electron chi connectivity index (χ0n) is 9.79. The first-order valence-electron chi connectivity index (χ1n) is 5.53. The second kappa shape index (κ2) is 4.41. The molecular weight excluding hydrogens is 226 g/mol. The fraction of sp³-hybridized carbons (Fsp3) is 0.0714. The molecular formula is C14H10N3O. The molecule has 1 radical (unpaired) electrons. The second-order valence-electron chi connectivity index (χ2n) is 3.77. The number of rotatable bonds is 2. The highest BCUT2D eigenvalue weighted by molar-refractivity contribution is 5.94. The summed E-state index contributed by atoms with van der Waals surface area (Å²) in [4.78, 5) is 12.1. The number of fused-ring (bicyclic) bond motifs is 1. The van der Waals surface area contributed by atoms with Crippen LogP contribution in [0, 0.1) is 6.33 Å². The van der Waals surface area contributed by atoms with Gasteiger partial charge in [-0.1, -0.05) is 42.5 Å². The molecule has 0 unspecified atom stereocenters. The Morgan fingerprint density at radius 1 is 1.00 bits per heavy atom. The Kier molecular flexibility index (Phi) is 2.61. The predicted octanol–water partition coefficient (Wildman–Crippen LogP) is 2.50. The molecule has 0 amide bonds. The minimum absolute atomic E-state index is 0.271. The number of hydrogen-bond donors (Lipinski definition) is 0. The van der Waals surface area contributed by atoms with Gasteiger partial charge in [0.05, 0.1) is 7.11 Å². The fourth-order valence-corrected chi connectivity index (χ4v) is 1.89. The lowest BCUT2D eigenvalue weighted by atomic mass is 10.0. The third-order valence-corrected chi connectivity index (χ3v) is 2.72. The maximum absolute atomic E-state index is 4.99. The van der Waals surface area contributed by atoms with Gasteiger partial charge in [0.2, 0.25) is 6.33 Å². The Morgan fingerprint density at radius 2 is 1.83 bits per heavy atom. The van der Waals surface area contributed by atoms with E-state index in [-0.39, 0.29) is 6.01 Å². The average Bonchev–Trinajstić information content (AvgIpc) is 2.47. The number of methoxy groups -OCH3 is 1. The molecule has 0 atom stereocenters. The first-order valence-corrected chi connectivity index (χ1v) is 5.53. The fourth-order valence-electron chi connectivity index (χ4n) is 1.89. The molecule has 0 saturated carbocycles. The van der Waals surface area contributed by atoms with Gasteiger partial charge in [-0.2, -0.15) is 9.97 Å². The van der Waals surface area contributed by atoms with Crippen molar-refractivity contribution in [3.63, 3.8) is 0 Å². The van der Waals surface area contributed by atoms with Gasteiger partial charge in [0.25, 0.3) is 0 Å². The Balaban J connectivity index is 2.24. The summed E-state index contributed by atoms with van der Waals surface area (Å²) in [5.74, 6) is 0.568. The zero-order valence-corrected chi connectivity index (χ0v) is 9.79. The monoisotopic (exact) mass is 236 g/mol. The largest absolute Gasteiger partial charge is 0.467 e. The zero-order chi connectivity index (χ0) is 12.4. The van der Waals surface area contributed by atoms with Gasteiger partial charge in [-0.05, 0) is 10.8 Å². The molecule has 0 spiro atoms. The van der Waals surface area contributed by atoms with Crippen molar-refractivity contribution in [1.82, 2.24) is 15.0 Å². The summed E-state index contributed by atoms with van der Waals surface area (Å²) in [6, 6.07) is 14.4. The van der Waals surface area contributed by atoms with Crippen molar-refractivity contribution in [3.05, 3.63) is 48.8 Å². The third kappa shape index (κ3) is 1.78. The van der Waals surface area contributed by atoms with Crippen LogP contribution in [0.2, 0.25) is 0 Å². The van der Waals surface area contributed by atoms with Crippen LogP contribution in [-0.2, 0) is 0 Å². The van der Waals surface area contributed by atoms with E-state index in [1.165, 1.54) is 7.11 Å². The van der Waals surface area contributed by atoms with E-state index >= 15 is 0 Å².